The van der Waals surface area contributed by atoms with Crippen molar-refractivity contribution >= 4 is 39.3 Å². The predicted octanol–water partition coefficient (Wildman–Crippen LogP) is 3.60. The summed E-state index contributed by atoms with van der Waals surface area (Å²) in [6.45, 7) is 1.49. The Hall–Kier alpha value is -2.48. The first-order valence-corrected chi connectivity index (χ1v) is 9.71. The fourth-order valence-electron chi connectivity index (χ4n) is 3.23. The SMILES string of the molecule is C[C@@H]1CCCC[C@H]1NC(=O)NC(=O)COC(=O)c1cc2c(F)cccc2s1. The van der Waals surface area contributed by atoms with Crippen molar-refractivity contribution < 1.29 is 23.5 Å². The molecule has 1 fully saturated rings. The van der Waals surface area contributed by atoms with Crippen molar-refractivity contribution in [1.82, 2.24) is 10.6 Å². The van der Waals surface area contributed by atoms with E-state index in [1.807, 2.05) is 0 Å². The Morgan fingerprint density at radius 3 is 2.78 bits per heavy atom. The second-order valence-electron chi connectivity index (χ2n) is 6.73. The van der Waals surface area contributed by atoms with Crippen LogP contribution in [-0.4, -0.2) is 30.6 Å². The Morgan fingerprint density at radius 1 is 1.26 bits per heavy atom. The topological polar surface area (TPSA) is 84.5 Å². The molecule has 8 heteroatoms. The molecule has 1 aromatic carbocycles. The molecule has 1 aromatic heterocycles. The molecule has 0 radical (unpaired) electrons. The quantitative estimate of drug-likeness (QED) is 0.779. The van der Waals surface area contributed by atoms with Crippen LogP contribution in [0, 0.1) is 11.7 Å². The zero-order valence-corrected chi connectivity index (χ0v) is 15.7. The van der Waals surface area contributed by atoms with Gasteiger partial charge in [0.1, 0.15) is 10.7 Å². The number of hydrogen-bond donors (Lipinski definition) is 2. The van der Waals surface area contributed by atoms with Gasteiger partial charge in [-0.25, -0.2) is 14.0 Å². The largest absolute Gasteiger partial charge is 0.451 e. The summed E-state index contributed by atoms with van der Waals surface area (Å²) < 4.78 is 19.2. The summed E-state index contributed by atoms with van der Waals surface area (Å²) in [4.78, 5) is 36.0. The van der Waals surface area contributed by atoms with Crippen molar-refractivity contribution in [2.24, 2.45) is 5.92 Å². The minimum atomic E-state index is -0.730. The fourth-order valence-corrected chi connectivity index (χ4v) is 4.19. The summed E-state index contributed by atoms with van der Waals surface area (Å²) in [5, 5.41) is 5.29. The lowest BCUT2D eigenvalue weighted by Crippen LogP contribution is -2.48. The number of thiophene rings is 1. The number of carbonyl (C=O) groups excluding carboxylic acids is 3. The minimum absolute atomic E-state index is 0.0440. The highest BCUT2D eigenvalue weighted by atomic mass is 32.1. The van der Waals surface area contributed by atoms with Gasteiger partial charge in [0, 0.05) is 16.1 Å². The lowest BCUT2D eigenvalue weighted by Gasteiger charge is -2.29. The van der Waals surface area contributed by atoms with Gasteiger partial charge < -0.3 is 10.1 Å². The summed E-state index contributed by atoms with van der Waals surface area (Å²) in [5.41, 5.74) is 0. The lowest BCUT2D eigenvalue weighted by molar-refractivity contribution is -0.123. The molecule has 1 aliphatic rings. The van der Waals surface area contributed by atoms with Crippen molar-refractivity contribution in [2.75, 3.05) is 6.61 Å². The molecule has 0 aliphatic heterocycles. The van der Waals surface area contributed by atoms with Crippen LogP contribution in [0.15, 0.2) is 24.3 Å². The van der Waals surface area contributed by atoms with Crippen molar-refractivity contribution in [3.63, 3.8) is 0 Å². The summed E-state index contributed by atoms with van der Waals surface area (Å²) in [6.07, 6.45) is 4.14. The Labute approximate surface area is 160 Å². The molecule has 1 heterocycles. The molecule has 3 rings (SSSR count). The summed E-state index contributed by atoms with van der Waals surface area (Å²) >= 11 is 1.08. The molecule has 6 nitrogen and oxygen atoms in total. The number of nitrogens with one attached hydrogen (secondary N) is 2. The first-order valence-electron chi connectivity index (χ1n) is 8.89. The Bertz CT molecular complexity index is 867. The molecule has 0 saturated heterocycles. The molecule has 144 valence electrons. The van der Waals surface area contributed by atoms with Crippen LogP contribution in [0.3, 0.4) is 0 Å². The molecular formula is C19H21FN2O4S. The van der Waals surface area contributed by atoms with Crippen LogP contribution in [0.25, 0.3) is 10.1 Å². The molecule has 0 spiro atoms. The van der Waals surface area contributed by atoms with Gasteiger partial charge in [-0.1, -0.05) is 25.8 Å². The highest BCUT2D eigenvalue weighted by Gasteiger charge is 2.23. The number of carbonyl (C=O) groups is 3. The van der Waals surface area contributed by atoms with Gasteiger partial charge in [0.2, 0.25) is 0 Å². The normalized spacial score (nSPS) is 19.5. The minimum Gasteiger partial charge on any atom is -0.451 e. The van der Waals surface area contributed by atoms with E-state index in [1.165, 1.54) is 12.1 Å². The van der Waals surface area contributed by atoms with Crippen molar-refractivity contribution in [3.05, 3.63) is 35.0 Å². The number of fused-ring (bicyclic) bond motifs is 1. The highest BCUT2D eigenvalue weighted by Crippen LogP contribution is 2.28. The van der Waals surface area contributed by atoms with Gasteiger partial charge >= 0.3 is 12.0 Å². The number of benzene rings is 1. The maximum atomic E-state index is 13.7. The number of rotatable bonds is 4. The third-order valence-electron chi connectivity index (χ3n) is 4.72. The summed E-state index contributed by atoms with van der Waals surface area (Å²) in [5.74, 6) is -1.50. The molecule has 0 unspecified atom stereocenters. The molecule has 2 N–H and O–H groups in total. The van der Waals surface area contributed by atoms with E-state index in [9.17, 15) is 18.8 Å². The third-order valence-corrected chi connectivity index (χ3v) is 5.81. The predicted molar refractivity (Wildman–Crippen MR) is 100 cm³/mol. The maximum absolute atomic E-state index is 13.7. The van der Waals surface area contributed by atoms with Crippen molar-refractivity contribution in [1.29, 1.82) is 0 Å². The zero-order chi connectivity index (χ0) is 19.4. The van der Waals surface area contributed by atoms with Crippen LogP contribution < -0.4 is 10.6 Å². The van der Waals surface area contributed by atoms with Gasteiger partial charge in [0.05, 0.1) is 0 Å². The highest BCUT2D eigenvalue weighted by molar-refractivity contribution is 7.20. The molecule has 1 saturated carbocycles. The molecule has 3 amide bonds. The fraction of sp³-hybridized carbons (Fsp3) is 0.421. The van der Waals surface area contributed by atoms with E-state index in [-0.39, 0.29) is 10.9 Å². The van der Waals surface area contributed by atoms with Gasteiger partial charge in [-0.05, 0) is 37.0 Å². The number of hydrogen-bond acceptors (Lipinski definition) is 5. The van der Waals surface area contributed by atoms with E-state index < -0.39 is 30.3 Å². The second-order valence-corrected chi connectivity index (χ2v) is 7.81. The van der Waals surface area contributed by atoms with Crippen LogP contribution in [0.5, 0.6) is 0 Å². The van der Waals surface area contributed by atoms with Gasteiger partial charge in [0.25, 0.3) is 5.91 Å². The lowest BCUT2D eigenvalue weighted by atomic mass is 9.86. The third kappa shape index (κ3) is 4.82. The monoisotopic (exact) mass is 392 g/mol. The van der Waals surface area contributed by atoms with E-state index >= 15 is 0 Å². The second kappa shape index (κ2) is 8.47. The van der Waals surface area contributed by atoms with E-state index in [0.717, 1.165) is 37.0 Å². The van der Waals surface area contributed by atoms with Crippen LogP contribution in [-0.2, 0) is 9.53 Å². The Balaban J connectivity index is 1.48. The molecule has 2 aromatic rings. The molecular weight excluding hydrogens is 371 g/mol. The van der Waals surface area contributed by atoms with Crippen LogP contribution >= 0.6 is 11.3 Å². The smallest absolute Gasteiger partial charge is 0.348 e. The van der Waals surface area contributed by atoms with Crippen molar-refractivity contribution in [2.45, 2.75) is 38.6 Å². The standard InChI is InChI=1S/C19H21FN2O4S/c1-11-5-2-3-7-14(11)21-19(25)22-17(23)10-26-18(24)16-9-12-13(20)6-4-8-15(12)27-16/h4,6,8-9,11,14H,2-3,5,7,10H2,1H3,(H2,21,22,23,25)/t11-,14-/m1/s1. The Kier molecular flexibility index (Phi) is 6.05. The van der Waals surface area contributed by atoms with Gasteiger partial charge in [-0.2, -0.15) is 0 Å². The molecule has 27 heavy (non-hydrogen) atoms. The average molecular weight is 392 g/mol. The van der Waals surface area contributed by atoms with E-state index in [0.29, 0.717) is 16.0 Å². The molecule has 0 bridgehead atoms. The number of amides is 3. The first-order chi connectivity index (χ1) is 12.9. The van der Waals surface area contributed by atoms with Gasteiger partial charge in [0.15, 0.2) is 6.61 Å². The number of urea groups is 1. The first kappa shape index (κ1) is 19.3. The zero-order valence-electron chi connectivity index (χ0n) is 14.9. The summed E-state index contributed by atoms with van der Waals surface area (Å²) in [7, 11) is 0. The van der Waals surface area contributed by atoms with Gasteiger partial charge in [-0.15, -0.1) is 11.3 Å². The van der Waals surface area contributed by atoms with E-state index in [1.54, 1.807) is 12.1 Å². The van der Waals surface area contributed by atoms with Crippen LogP contribution in [0.1, 0.15) is 42.3 Å². The number of esters is 1. The van der Waals surface area contributed by atoms with Gasteiger partial charge in [-0.3, -0.25) is 10.1 Å². The van der Waals surface area contributed by atoms with Crippen LogP contribution in [0.2, 0.25) is 0 Å². The van der Waals surface area contributed by atoms with E-state index in [2.05, 4.69) is 17.6 Å². The molecule has 1 aliphatic carbocycles. The average Bonchev–Trinajstić information content (AvgIpc) is 3.07. The number of imide groups is 1. The maximum Gasteiger partial charge on any atom is 0.348 e. The number of halogens is 1. The Morgan fingerprint density at radius 2 is 2.04 bits per heavy atom. The van der Waals surface area contributed by atoms with E-state index in [4.69, 9.17) is 4.74 Å². The summed E-state index contributed by atoms with van der Waals surface area (Å²) in [6, 6.07) is 5.42. The number of ether oxygens (including phenoxy) is 1. The molecule has 2 atom stereocenters. The van der Waals surface area contributed by atoms with Crippen molar-refractivity contribution in [3.8, 4) is 0 Å². The van der Waals surface area contributed by atoms with Crippen LogP contribution in [0.4, 0.5) is 9.18 Å².